The average Bonchev–Trinajstić information content (AvgIpc) is 2.66. The van der Waals surface area contributed by atoms with E-state index < -0.39 is 0 Å². The molecule has 0 N–H and O–H groups in total. The molecule has 0 aliphatic rings. The second-order valence-electron chi connectivity index (χ2n) is 9.12. The van der Waals surface area contributed by atoms with Crippen LogP contribution < -0.4 is 0 Å². The smallest absolute Gasteiger partial charge is 0.0550 e. The molecule has 0 unspecified atom stereocenters. The summed E-state index contributed by atoms with van der Waals surface area (Å²) in [6, 6.07) is 8.33. The monoisotopic (exact) mass is 370 g/mol. The lowest BCUT2D eigenvalue weighted by molar-refractivity contribution is 0.504. The van der Waals surface area contributed by atoms with Crippen LogP contribution in [0.15, 0.2) is 55.2 Å². The van der Waals surface area contributed by atoms with Gasteiger partial charge in [-0.2, -0.15) is 0 Å². The summed E-state index contributed by atoms with van der Waals surface area (Å²) < 4.78 is 0. The molecule has 0 bridgehead atoms. The fourth-order valence-electron chi connectivity index (χ4n) is 3.90. The number of hydrogen-bond acceptors (Lipinski definition) is 4. The molecule has 4 heteroatoms. The number of nitrogens with zero attached hydrogens (tertiary/aromatic N) is 4. The molecule has 4 aromatic rings. The van der Waals surface area contributed by atoms with E-state index in [1.807, 2.05) is 37.1 Å². The topological polar surface area (TPSA) is 51.6 Å². The van der Waals surface area contributed by atoms with Gasteiger partial charge in [-0.25, -0.2) is 0 Å². The molecule has 0 saturated carbocycles. The Labute approximate surface area is 166 Å². The predicted octanol–water partition coefficient (Wildman–Crippen LogP) is 5.39. The molecule has 0 saturated heterocycles. The first-order valence-corrected chi connectivity index (χ1v) is 9.69. The molecule has 0 aromatic carbocycles. The van der Waals surface area contributed by atoms with Gasteiger partial charge in [-0.05, 0) is 29.7 Å². The maximum absolute atomic E-state index is 4.79. The zero-order valence-electron chi connectivity index (χ0n) is 17.2. The minimum Gasteiger partial charge on any atom is -0.264 e. The molecular weight excluding hydrogens is 344 g/mol. The Morgan fingerprint density at radius 3 is 2.18 bits per heavy atom. The number of aromatic nitrogens is 4. The van der Waals surface area contributed by atoms with Crippen molar-refractivity contribution in [1.29, 1.82) is 0 Å². The Balaban J connectivity index is 1.75. The summed E-state index contributed by atoms with van der Waals surface area (Å²) in [5.74, 6) is 0. The summed E-state index contributed by atoms with van der Waals surface area (Å²) >= 11 is 0. The van der Waals surface area contributed by atoms with Gasteiger partial charge >= 0.3 is 0 Å². The molecule has 0 aliphatic carbocycles. The fourth-order valence-corrected chi connectivity index (χ4v) is 3.90. The van der Waals surface area contributed by atoms with Gasteiger partial charge in [-0.3, -0.25) is 19.9 Å². The van der Waals surface area contributed by atoms with Crippen molar-refractivity contribution < 1.29 is 0 Å². The first-order valence-electron chi connectivity index (χ1n) is 9.69. The standard InChI is InChI=1S/C24H26N4/c1-23(2,3)21-20-15-28-18(12-16(20)6-10-26-21)13-24(4,5)22-19-8-9-25-14-17(19)7-11-27-22/h6-12,14-15H,13H2,1-5H3. The van der Waals surface area contributed by atoms with Crippen LogP contribution in [0, 0.1) is 0 Å². The number of rotatable bonds is 3. The van der Waals surface area contributed by atoms with Crippen LogP contribution in [0.3, 0.4) is 0 Å². The molecule has 4 heterocycles. The van der Waals surface area contributed by atoms with Gasteiger partial charge in [0.2, 0.25) is 0 Å². The lowest BCUT2D eigenvalue weighted by atomic mass is 9.81. The number of fused-ring (bicyclic) bond motifs is 2. The molecule has 4 rings (SSSR count). The van der Waals surface area contributed by atoms with Crippen LogP contribution in [0.5, 0.6) is 0 Å². The summed E-state index contributed by atoms with van der Waals surface area (Å²) in [6.45, 7) is 11.0. The van der Waals surface area contributed by atoms with E-state index in [9.17, 15) is 0 Å². The van der Waals surface area contributed by atoms with Gasteiger partial charge in [0.1, 0.15) is 0 Å². The third kappa shape index (κ3) is 3.35. The Bertz CT molecular complexity index is 1150. The molecule has 4 nitrogen and oxygen atoms in total. The third-order valence-corrected chi connectivity index (χ3v) is 5.24. The van der Waals surface area contributed by atoms with Crippen LogP contribution in [0.2, 0.25) is 0 Å². The van der Waals surface area contributed by atoms with Gasteiger partial charge in [0.15, 0.2) is 0 Å². The molecule has 0 spiro atoms. The largest absolute Gasteiger partial charge is 0.264 e. The lowest BCUT2D eigenvalue weighted by Gasteiger charge is -2.25. The van der Waals surface area contributed by atoms with Gasteiger partial charge in [-0.1, -0.05) is 34.6 Å². The van der Waals surface area contributed by atoms with Crippen LogP contribution in [-0.4, -0.2) is 19.9 Å². The minimum atomic E-state index is -0.151. The molecule has 142 valence electrons. The van der Waals surface area contributed by atoms with E-state index in [4.69, 9.17) is 9.97 Å². The van der Waals surface area contributed by atoms with Crippen LogP contribution in [0.25, 0.3) is 21.5 Å². The Kier molecular flexibility index (Phi) is 4.37. The van der Waals surface area contributed by atoms with Gasteiger partial charge in [0.25, 0.3) is 0 Å². The maximum atomic E-state index is 4.79. The van der Waals surface area contributed by atoms with Crippen molar-refractivity contribution >= 4 is 21.5 Å². The van der Waals surface area contributed by atoms with Gasteiger partial charge in [-0.15, -0.1) is 0 Å². The Morgan fingerprint density at radius 1 is 0.714 bits per heavy atom. The Morgan fingerprint density at radius 2 is 1.43 bits per heavy atom. The second kappa shape index (κ2) is 6.62. The molecule has 0 radical (unpaired) electrons. The third-order valence-electron chi connectivity index (χ3n) is 5.24. The molecule has 4 aromatic heterocycles. The summed E-state index contributed by atoms with van der Waals surface area (Å²) in [6.07, 6.45) is 10.3. The highest BCUT2D eigenvalue weighted by Crippen LogP contribution is 2.32. The minimum absolute atomic E-state index is 0.0110. The van der Waals surface area contributed by atoms with E-state index in [1.54, 1.807) is 0 Å². The van der Waals surface area contributed by atoms with E-state index in [1.165, 1.54) is 5.39 Å². The van der Waals surface area contributed by atoms with Gasteiger partial charge in [0.05, 0.1) is 11.4 Å². The fraction of sp³-hybridized carbons (Fsp3) is 0.333. The van der Waals surface area contributed by atoms with Crippen LogP contribution >= 0.6 is 0 Å². The van der Waals surface area contributed by atoms with Crippen molar-refractivity contribution in [3.8, 4) is 0 Å². The quantitative estimate of drug-likeness (QED) is 0.485. The zero-order valence-corrected chi connectivity index (χ0v) is 17.2. The van der Waals surface area contributed by atoms with Crippen molar-refractivity contribution in [2.45, 2.75) is 51.9 Å². The molecule has 0 amide bonds. The number of pyridine rings is 4. The lowest BCUT2D eigenvalue weighted by Crippen LogP contribution is -2.23. The summed E-state index contributed by atoms with van der Waals surface area (Å²) in [5.41, 5.74) is 3.08. The maximum Gasteiger partial charge on any atom is 0.0550 e. The highest BCUT2D eigenvalue weighted by Gasteiger charge is 2.26. The summed E-state index contributed by atoms with van der Waals surface area (Å²) in [5, 5.41) is 4.59. The van der Waals surface area contributed by atoms with Crippen molar-refractivity contribution in [3.05, 3.63) is 72.3 Å². The highest BCUT2D eigenvalue weighted by atomic mass is 14.7. The van der Waals surface area contributed by atoms with Crippen LogP contribution in [-0.2, 0) is 17.3 Å². The van der Waals surface area contributed by atoms with Crippen molar-refractivity contribution in [3.63, 3.8) is 0 Å². The van der Waals surface area contributed by atoms with E-state index in [-0.39, 0.29) is 10.8 Å². The van der Waals surface area contributed by atoms with Crippen molar-refractivity contribution in [1.82, 2.24) is 19.9 Å². The van der Waals surface area contributed by atoms with E-state index in [0.29, 0.717) is 0 Å². The van der Waals surface area contributed by atoms with Crippen LogP contribution in [0.4, 0.5) is 0 Å². The first-order chi connectivity index (χ1) is 13.3. The zero-order chi connectivity index (χ0) is 19.9. The highest BCUT2D eigenvalue weighted by molar-refractivity contribution is 5.85. The Hall–Kier alpha value is -2.88. The van der Waals surface area contributed by atoms with E-state index in [2.05, 4.69) is 62.8 Å². The van der Waals surface area contributed by atoms with E-state index in [0.717, 1.165) is 39.7 Å². The molecule has 0 fully saturated rings. The van der Waals surface area contributed by atoms with Gasteiger partial charge in [0, 0.05) is 70.1 Å². The molecular formula is C24H26N4. The second-order valence-corrected chi connectivity index (χ2v) is 9.12. The van der Waals surface area contributed by atoms with Gasteiger partial charge < -0.3 is 0 Å². The summed E-state index contributed by atoms with van der Waals surface area (Å²) in [4.78, 5) is 18.4. The number of hydrogen-bond donors (Lipinski definition) is 0. The first kappa shape index (κ1) is 18.5. The SMILES string of the molecule is CC(C)(C)c1nccc2cc(CC(C)(C)c3nccc4cnccc34)ncc12. The summed E-state index contributed by atoms with van der Waals surface area (Å²) in [7, 11) is 0. The van der Waals surface area contributed by atoms with E-state index >= 15 is 0 Å². The molecule has 28 heavy (non-hydrogen) atoms. The molecule has 0 aliphatic heterocycles. The average molecular weight is 371 g/mol. The molecule has 0 atom stereocenters. The predicted molar refractivity (Wildman–Crippen MR) is 115 cm³/mol. The normalized spacial score (nSPS) is 12.6. The van der Waals surface area contributed by atoms with Crippen molar-refractivity contribution in [2.75, 3.05) is 0 Å². The van der Waals surface area contributed by atoms with Crippen LogP contribution in [0.1, 0.15) is 51.7 Å². The van der Waals surface area contributed by atoms with Crippen molar-refractivity contribution in [2.24, 2.45) is 0 Å².